The summed E-state index contributed by atoms with van der Waals surface area (Å²) in [5.41, 5.74) is 4.86. The fourth-order valence-electron chi connectivity index (χ4n) is 8.45. The van der Waals surface area contributed by atoms with Gasteiger partial charge < -0.3 is 19.0 Å². The summed E-state index contributed by atoms with van der Waals surface area (Å²) in [7, 11) is 0. The Bertz CT molecular complexity index is 1590. The molecule has 1 spiro atoms. The largest absolute Gasteiger partial charge is 0.504 e. The van der Waals surface area contributed by atoms with Crippen molar-refractivity contribution in [2.45, 2.75) is 61.9 Å². The Morgan fingerprint density at radius 1 is 1.00 bits per heavy atom. The van der Waals surface area contributed by atoms with Crippen LogP contribution in [0.15, 0.2) is 71.1 Å². The van der Waals surface area contributed by atoms with Gasteiger partial charge in [-0.25, -0.2) is 0 Å². The average molecular weight is 506 g/mol. The lowest BCUT2D eigenvalue weighted by Gasteiger charge is -2.64. The number of phenols is 1. The number of furan rings is 1. The number of ether oxygens (including phenoxy) is 2. The van der Waals surface area contributed by atoms with Crippen LogP contribution in [0.4, 0.5) is 0 Å². The van der Waals surface area contributed by atoms with Crippen LogP contribution in [0.25, 0.3) is 11.0 Å². The van der Waals surface area contributed by atoms with E-state index in [4.69, 9.17) is 13.9 Å². The lowest BCUT2D eigenvalue weighted by atomic mass is 9.49. The number of hydrogen-bond donors (Lipinski definition) is 1. The van der Waals surface area contributed by atoms with Gasteiger partial charge in [-0.05, 0) is 61.4 Å². The summed E-state index contributed by atoms with van der Waals surface area (Å²) >= 11 is 0. The predicted molar refractivity (Wildman–Crippen MR) is 143 cm³/mol. The number of phenolic OH excluding ortho intramolecular Hbond substituents is 1. The van der Waals surface area contributed by atoms with Gasteiger partial charge in [-0.2, -0.15) is 0 Å². The number of benzene rings is 3. The highest BCUT2D eigenvalue weighted by Gasteiger charge is 2.74. The molecule has 192 valence electrons. The smallest absolute Gasteiger partial charge is 0.169 e. The van der Waals surface area contributed by atoms with Gasteiger partial charge in [-0.1, -0.05) is 54.6 Å². The second-order valence-electron chi connectivity index (χ2n) is 12.1. The number of fused-ring (bicyclic) bond motifs is 4. The van der Waals surface area contributed by atoms with Crippen LogP contribution in [0.3, 0.4) is 0 Å². The minimum Gasteiger partial charge on any atom is -0.504 e. The molecule has 0 radical (unpaired) electrons. The topological polar surface area (TPSA) is 55.1 Å². The molecule has 1 aromatic heterocycles. The van der Waals surface area contributed by atoms with E-state index < -0.39 is 11.0 Å². The van der Waals surface area contributed by atoms with Gasteiger partial charge in [0.25, 0.3) is 0 Å². The Morgan fingerprint density at radius 2 is 1.84 bits per heavy atom. The monoisotopic (exact) mass is 505 g/mol. The fourth-order valence-corrected chi connectivity index (χ4v) is 8.45. The van der Waals surface area contributed by atoms with Crippen molar-refractivity contribution >= 4 is 11.0 Å². The molecule has 2 fully saturated rings. The zero-order valence-electron chi connectivity index (χ0n) is 21.4. The molecule has 4 atom stereocenters. The zero-order valence-corrected chi connectivity index (χ0v) is 21.4. The van der Waals surface area contributed by atoms with E-state index in [0.29, 0.717) is 12.4 Å². The molecule has 3 aliphatic carbocycles. The molecule has 1 saturated heterocycles. The van der Waals surface area contributed by atoms with Crippen molar-refractivity contribution in [1.29, 1.82) is 0 Å². The number of nitrogens with zero attached hydrogens (tertiary/aromatic N) is 1. The van der Waals surface area contributed by atoms with E-state index in [1.807, 2.05) is 12.1 Å². The Balaban J connectivity index is 1.31. The quantitative estimate of drug-likeness (QED) is 0.357. The first-order valence-corrected chi connectivity index (χ1v) is 14.1. The first-order chi connectivity index (χ1) is 18.7. The van der Waals surface area contributed by atoms with Gasteiger partial charge in [0.05, 0.1) is 12.0 Å². The first-order valence-electron chi connectivity index (χ1n) is 14.1. The summed E-state index contributed by atoms with van der Waals surface area (Å²) < 4.78 is 20.8. The van der Waals surface area contributed by atoms with Crippen molar-refractivity contribution in [3.8, 4) is 11.5 Å². The highest BCUT2D eigenvalue weighted by atomic mass is 16.5. The molecule has 0 amide bonds. The summed E-state index contributed by atoms with van der Waals surface area (Å²) in [4.78, 5) is 2.74. The van der Waals surface area contributed by atoms with Crippen LogP contribution in [-0.2, 0) is 29.6 Å². The van der Waals surface area contributed by atoms with Crippen molar-refractivity contribution < 1.29 is 19.0 Å². The van der Waals surface area contributed by atoms with Crippen LogP contribution in [0.2, 0.25) is 0 Å². The van der Waals surface area contributed by atoms with Crippen molar-refractivity contribution in [2.24, 2.45) is 5.92 Å². The lowest BCUT2D eigenvalue weighted by Crippen LogP contribution is -2.75. The molecule has 2 aliphatic heterocycles. The van der Waals surface area contributed by atoms with E-state index in [9.17, 15) is 5.11 Å². The van der Waals surface area contributed by atoms with E-state index in [0.717, 1.165) is 55.0 Å². The Hall–Kier alpha value is -3.28. The number of rotatable bonds is 5. The van der Waals surface area contributed by atoms with Gasteiger partial charge in [-0.15, -0.1) is 0 Å². The molecule has 9 rings (SSSR count). The van der Waals surface area contributed by atoms with E-state index >= 15 is 0 Å². The molecule has 4 aromatic rings. The average Bonchev–Trinajstić information content (AvgIpc) is 3.58. The van der Waals surface area contributed by atoms with E-state index in [1.165, 1.54) is 35.1 Å². The zero-order chi connectivity index (χ0) is 25.1. The maximum atomic E-state index is 11.1. The van der Waals surface area contributed by atoms with E-state index in [2.05, 4.69) is 59.5 Å². The van der Waals surface area contributed by atoms with E-state index in [1.54, 1.807) is 0 Å². The minimum atomic E-state index is -0.494. The highest BCUT2D eigenvalue weighted by Crippen LogP contribution is 2.70. The molecular weight excluding hydrogens is 474 g/mol. The molecule has 2 bridgehead atoms. The molecule has 1 saturated carbocycles. The number of likely N-dealkylation sites (tertiary alicyclic amines) is 1. The van der Waals surface area contributed by atoms with Gasteiger partial charge in [-0.3, -0.25) is 4.90 Å². The van der Waals surface area contributed by atoms with E-state index in [-0.39, 0.29) is 17.9 Å². The van der Waals surface area contributed by atoms with Crippen LogP contribution in [0, 0.1) is 5.92 Å². The molecule has 1 N–H and O–H groups in total. The van der Waals surface area contributed by atoms with Crippen molar-refractivity contribution in [2.75, 3.05) is 13.1 Å². The van der Waals surface area contributed by atoms with Crippen LogP contribution in [0.5, 0.6) is 11.5 Å². The van der Waals surface area contributed by atoms with Gasteiger partial charge in [0.15, 0.2) is 17.6 Å². The third-order valence-corrected chi connectivity index (χ3v) is 10.2. The third kappa shape index (κ3) is 2.64. The summed E-state index contributed by atoms with van der Waals surface area (Å²) in [5.74, 6) is 2.59. The first kappa shape index (κ1) is 21.6. The third-order valence-electron chi connectivity index (χ3n) is 10.2. The van der Waals surface area contributed by atoms with Crippen molar-refractivity contribution in [3.63, 3.8) is 0 Å². The summed E-state index contributed by atoms with van der Waals surface area (Å²) in [6.45, 7) is 2.71. The Kier molecular flexibility index (Phi) is 4.23. The lowest BCUT2D eigenvalue weighted by molar-refractivity contribution is -0.212. The maximum Gasteiger partial charge on any atom is 0.169 e. The summed E-state index contributed by atoms with van der Waals surface area (Å²) in [6, 6.07) is 23.1. The normalized spacial score (nSPS) is 30.6. The summed E-state index contributed by atoms with van der Waals surface area (Å²) in [6.07, 6.45) is 4.98. The highest BCUT2D eigenvalue weighted by molar-refractivity contribution is 5.84. The van der Waals surface area contributed by atoms with Crippen LogP contribution in [-0.4, -0.2) is 34.7 Å². The Labute approximate surface area is 222 Å². The molecular formula is C33H31NO4. The minimum absolute atomic E-state index is 0.223. The van der Waals surface area contributed by atoms with Gasteiger partial charge in [0.1, 0.15) is 16.9 Å². The number of piperidine rings is 1. The number of hydrogen-bond acceptors (Lipinski definition) is 5. The molecule has 3 heterocycles. The number of aromatic hydroxyl groups is 1. The SMILES string of the molecule is Oc1ccc2c3c1O[C@H]1c4oc5ccccc5c4C[C@@]4(OCc5ccccc5)[C@@H](C2)N(CC2CC2)CC[C@]314. The predicted octanol–water partition coefficient (Wildman–Crippen LogP) is 6.06. The van der Waals surface area contributed by atoms with Gasteiger partial charge in [0, 0.05) is 35.5 Å². The Morgan fingerprint density at radius 3 is 2.71 bits per heavy atom. The fraction of sp³-hybridized carbons (Fsp3) is 0.394. The van der Waals surface area contributed by atoms with Crippen molar-refractivity contribution in [3.05, 3.63) is 94.7 Å². The molecule has 5 nitrogen and oxygen atoms in total. The summed E-state index contributed by atoms with van der Waals surface area (Å²) in [5, 5.41) is 12.2. The van der Waals surface area contributed by atoms with Crippen LogP contribution >= 0.6 is 0 Å². The van der Waals surface area contributed by atoms with Crippen LogP contribution < -0.4 is 4.74 Å². The molecule has 5 aliphatic rings. The van der Waals surface area contributed by atoms with Gasteiger partial charge >= 0.3 is 0 Å². The molecule has 3 aromatic carbocycles. The second-order valence-corrected chi connectivity index (χ2v) is 12.1. The molecule has 38 heavy (non-hydrogen) atoms. The number of para-hydroxylation sites is 1. The van der Waals surface area contributed by atoms with Crippen LogP contribution in [0.1, 0.15) is 53.4 Å². The molecule has 5 heteroatoms. The van der Waals surface area contributed by atoms with Gasteiger partial charge in [0.2, 0.25) is 0 Å². The van der Waals surface area contributed by atoms with Crippen molar-refractivity contribution in [1.82, 2.24) is 4.90 Å². The second kappa shape index (κ2) is 7.43. The molecule has 0 unspecified atom stereocenters. The maximum absolute atomic E-state index is 11.1. The standard InChI is InChI=1S/C33H31NO4/c35-25-13-12-22-16-27-33(36-19-21-6-2-1-3-7-21)17-24-23-8-4-5-9-26(23)37-29(24)31-32(33,28(22)30(25)38-31)14-15-34(27)18-20-10-11-20/h1-9,12-13,20,27,31,35H,10-11,14-19H2/t27-,31+,32+,33-/m1/s1.